The highest BCUT2D eigenvalue weighted by atomic mass is 35.5. The first kappa shape index (κ1) is 12.9. The minimum Gasteiger partial charge on any atom is -0.368 e. The van der Waals surface area contributed by atoms with Crippen LogP contribution in [0.3, 0.4) is 0 Å². The standard InChI is InChI=1S/C12H17ClN2OS/c1-14-9-10-2-3-12(11(13)8-10)15-4-6-17(16)7-5-15/h2-3,8,14H,4-7,9H2,1H3. The Kier molecular flexibility index (Phi) is 4.42. The first-order valence-electron chi connectivity index (χ1n) is 5.73. The summed E-state index contributed by atoms with van der Waals surface area (Å²) in [5, 5.41) is 3.89. The van der Waals surface area contributed by atoms with E-state index in [1.165, 1.54) is 5.56 Å². The van der Waals surface area contributed by atoms with Crippen molar-refractivity contribution in [2.45, 2.75) is 6.54 Å². The van der Waals surface area contributed by atoms with Gasteiger partial charge in [-0.2, -0.15) is 0 Å². The molecule has 1 aromatic carbocycles. The van der Waals surface area contributed by atoms with Gasteiger partial charge < -0.3 is 10.2 Å². The average Bonchev–Trinajstić information content (AvgIpc) is 2.31. The van der Waals surface area contributed by atoms with Crippen LogP contribution in [0.2, 0.25) is 5.02 Å². The van der Waals surface area contributed by atoms with Crippen molar-refractivity contribution in [2.24, 2.45) is 0 Å². The Morgan fingerprint density at radius 3 is 2.71 bits per heavy atom. The van der Waals surface area contributed by atoms with Gasteiger partial charge in [-0.25, -0.2) is 0 Å². The molecule has 1 N–H and O–H groups in total. The zero-order valence-corrected chi connectivity index (χ0v) is 11.5. The summed E-state index contributed by atoms with van der Waals surface area (Å²) in [5.74, 6) is 1.49. The van der Waals surface area contributed by atoms with Crippen molar-refractivity contribution in [3.63, 3.8) is 0 Å². The number of halogens is 1. The summed E-state index contributed by atoms with van der Waals surface area (Å²) in [6, 6.07) is 6.14. The molecule has 1 aliphatic rings. The fourth-order valence-electron chi connectivity index (χ4n) is 2.00. The maximum Gasteiger partial charge on any atom is 0.0642 e. The minimum atomic E-state index is -0.643. The molecule has 94 valence electrons. The Morgan fingerprint density at radius 1 is 1.41 bits per heavy atom. The summed E-state index contributed by atoms with van der Waals surface area (Å²) in [4.78, 5) is 2.22. The van der Waals surface area contributed by atoms with Gasteiger partial charge in [-0.3, -0.25) is 4.21 Å². The largest absolute Gasteiger partial charge is 0.368 e. The fraction of sp³-hybridized carbons (Fsp3) is 0.500. The zero-order valence-electron chi connectivity index (χ0n) is 9.91. The number of anilines is 1. The third-order valence-corrected chi connectivity index (χ3v) is 4.49. The van der Waals surface area contributed by atoms with Crippen LogP contribution >= 0.6 is 11.6 Å². The van der Waals surface area contributed by atoms with Crippen LogP contribution in [0.25, 0.3) is 0 Å². The molecule has 1 fully saturated rings. The van der Waals surface area contributed by atoms with Gasteiger partial charge in [0.15, 0.2) is 0 Å². The van der Waals surface area contributed by atoms with Gasteiger partial charge in [0.25, 0.3) is 0 Å². The highest BCUT2D eigenvalue weighted by Gasteiger charge is 2.17. The maximum absolute atomic E-state index is 11.3. The first-order valence-corrected chi connectivity index (χ1v) is 7.60. The molecule has 0 unspecified atom stereocenters. The van der Waals surface area contributed by atoms with Gasteiger partial charge in [0.05, 0.1) is 10.7 Å². The van der Waals surface area contributed by atoms with E-state index in [1.807, 2.05) is 13.1 Å². The Labute approximate surface area is 110 Å². The predicted octanol–water partition coefficient (Wildman–Crippen LogP) is 1.63. The summed E-state index contributed by atoms with van der Waals surface area (Å²) in [6.07, 6.45) is 0. The Hall–Kier alpha value is -0.580. The van der Waals surface area contributed by atoms with Gasteiger partial charge in [-0.05, 0) is 24.7 Å². The third kappa shape index (κ3) is 3.21. The van der Waals surface area contributed by atoms with Crippen LogP contribution in [-0.4, -0.2) is 35.9 Å². The molecule has 0 atom stereocenters. The van der Waals surface area contributed by atoms with Crippen LogP contribution in [0.1, 0.15) is 5.56 Å². The summed E-state index contributed by atoms with van der Waals surface area (Å²) >= 11 is 6.29. The van der Waals surface area contributed by atoms with Gasteiger partial charge in [0, 0.05) is 41.9 Å². The Morgan fingerprint density at radius 2 is 2.12 bits per heavy atom. The average molecular weight is 273 g/mol. The molecule has 0 radical (unpaired) electrons. The van der Waals surface area contributed by atoms with Crippen molar-refractivity contribution in [3.05, 3.63) is 28.8 Å². The van der Waals surface area contributed by atoms with Crippen LogP contribution in [-0.2, 0) is 17.3 Å². The molecule has 1 heterocycles. The number of hydrogen-bond acceptors (Lipinski definition) is 3. The van der Waals surface area contributed by atoms with E-state index in [0.717, 1.165) is 41.8 Å². The molecule has 1 aromatic rings. The van der Waals surface area contributed by atoms with Crippen molar-refractivity contribution in [1.29, 1.82) is 0 Å². The molecule has 2 rings (SSSR count). The molecule has 0 aliphatic carbocycles. The van der Waals surface area contributed by atoms with E-state index in [4.69, 9.17) is 11.6 Å². The van der Waals surface area contributed by atoms with Crippen LogP contribution < -0.4 is 10.2 Å². The highest BCUT2D eigenvalue weighted by Crippen LogP contribution is 2.27. The van der Waals surface area contributed by atoms with Crippen molar-refractivity contribution < 1.29 is 4.21 Å². The van der Waals surface area contributed by atoms with Crippen molar-refractivity contribution in [2.75, 3.05) is 36.5 Å². The number of benzene rings is 1. The van der Waals surface area contributed by atoms with Crippen LogP contribution in [0.4, 0.5) is 5.69 Å². The second-order valence-electron chi connectivity index (χ2n) is 4.15. The van der Waals surface area contributed by atoms with E-state index >= 15 is 0 Å². The van der Waals surface area contributed by atoms with Gasteiger partial charge in [0.1, 0.15) is 0 Å². The lowest BCUT2D eigenvalue weighted by atomic mass is 10.2. The van der Waals surface area contributed by atoms with Crippen LogP contribution in [0.5, 0.6) is 0 Å². The second kappa shape index (κ2) is 5.85. The molecule has 0 spiro atoms. The lowest BCUT2D eigenvalue weighted by Gasteiger charge is -2.29. The fourth-order valence-corrected chi connectivity index (χ4v) is 3.37. The van der Waals surface area contributed by atoms with E-state index in [2.05, 4.69) is 22.3 Å². The smallest absolute Gasteiger partial charge is 0.0642 e. The molecule has 0 bridgehead atoms. The van der Waals surface area contributed by atoms with E-state index in [0.29, 0.717) is 0 Å². The van der Waals surface area contributed by atoms with Crippen LogP contribution in [0, 0.1) is 0 Å². The maximum atomic E-state index is 11.3. The highest BCUT2D eigenvalue weighted by molar-refractivity contribution is 7.85. The number of nitrogens with one attached hydrogen (secondary N) is 1. The number of hydrogen-bond donors (Lipinski definition) is 1. The lowest BCUT2D eigenvalue weighted by Crippen LogP contribution is -2.37. The van der Waals surface area contributed by atoms with Gasteiger partial charge in [-0.1, -0.05) is 17.7 Å². The van der Waals surface area contributed by atoms with Gasteiger partial charge >= 0.3 is 0 Å². The zero-order chi connectivity index (χ0) is 12.3. The van der Waals surface area contributed by atoms with Crippen molar-refractivity contribution in [1.82, 2.24) is 5.32 Å². The summed E-state index contributed by atoms with van der Waals surface area (Å²) in [7, 11) is 1.27. The summed E-state index contributed by atoms with van der Waals surface area (Å²) in [6.45, 7) is 2.49. The molecule has 5 heteroatoms. The number of nitrogens with zero attached hydrogens (tertiary/aromatic N) is 1. The van der Waals surface area contributed by atoms with E-state index in [-0.39, 0.29) is 0 Å². The van der Waals surface area contributed by atoms with Gasteiger partial charge in [0.2, 0.25) is 0 Å². The topological polar surface area (TPSA) is 32.3 Å². The Balaban J connectivity index is 2.13. The molecule has 0 amide bonds. The molecule has 0 saturated carbocycles. The van der Waals surface area contributed by atoms with Gasteiger partial charge in [-0.15, -0.1) is 0 Å². The molecule has 1 aliphatic heterocycles. The van der Waals surface area contributed by atoms with E-state index in [1.54, 1.807) is 0 Å². The number of rotatable bonds is 3. The Bertz CT molecular complexity index is 415. The van der Waals surface area contributed by atoms with E-state index in [9.17, 15) is 4.21 Å². The minimum absolute atomic E-state index is 0.643. The van der Waals surface area contributed by atoms with E-state index < -0.39 is 10.8 Å². The third-order valence-electron chi connectivity index (χ3n) is 2.91. The summed E-state index contributed by atoms with van der Waals surface area (Å²) < 4.78 is 11.3. The first-order chi connectivity index (χ1) is 8.20. The SMILES string of the molecule is CNCc1ccc(N2CCS(=O)CC2)c(Cl)c1. The molecule has 0 aromatic heterocycles. The van der Waals surface area contributed by atoms with Crippen LogP contribution in [0.15, 0.2) is 18.2 Å². The molecule has 1 saturated heterocycles. The second-order valence-corrected chi connectivity index (χ2v) is 6.25. The predicted molar refractivity (Wildman–Crippen MR) is 74.3 cm³/mol. The lowest BCUT2D eigenvalue weighted by molar-refractivity contribution is 0.673. The molecule has 17 heavy (non-hydrogen) atoms. The summed E-state index contributed by atoms with van der Waals surface area (Å²) in [5.41, 5.74) is 2.24. The molecule has 3 nitrogen and oxygen atoms in total. The molecular formula is C12H17ClN2OS. The quantitative estimate of drug-likeness (QED) is 0.908. The molecular weight excluding hydrogens is 256 g/mol. The van der Waals surface area contributed by atoms with Crippen molar-refractivity contribution in [3.8, 4) is 0 Å². The monoisotopic (exact) mass is 272 g/mol. The van der Waals surface area contributed by atoms with Crippen molar-refractivity contribution >= 4 is 28.1 Å². The normalized spacial score (nSPS) is 17.4.